The van der Waals surface area contributed by atoms with E-state index in [2.05, 4.69) is 179 Å². The quantitative estimate of drug-likeness (QED) is 0.166. The van der Waals surface area contributed by atoms with Gasteiger partial charge in [-0.15, -0.1) is 0 Å². The van der Waals surface area contributed by atoms with Crippen molar-refractivity contribution in [1.29, 1.82) is 0 Å². The van der Waals surface area contributed by atoms with E-state index in [1.54, 1.807) is 0 Å². The molecule has 0 aliphatic heterocycles. The maximum Gasteiger partial charge on any atom is 0.165 e. The molecule has 0 unspecified atom stereocenters. The summed E-state index contributed by atoms with van der Waals surface area (Å²) in [6.45, 7) is 12.0. The van der Waals surface area contributed by atoms with Gasteiger partial charge < -0.3 is 9.13 Å². The van der Waals surface area contributed by atoms with E-state index >= 15 is 0 Å². The van der Waals surface area contributed by atoms with Crippen LogP contribution >= 0.6 is 0 Å². The normalized spacial score (nSPS) is 11.7. The minimum absolute atomic E-state index is 0.639. The second kappa shape index (κ2) is 14.4. The Hall–Kier alpha value is -7.84. The Labute approximate surface area is 359 Å². The first kappa shape index (κ1) is 37.2. The van der Waals surface area contributed by atoms with Gasteiger partial charge >= 0.3 is 0 Å². The van der Waals surface area contributed by atoms with E-state index in [0.717, 1.165) is 66.8 Å². The summed E-state index contributed by atoms with van der Waals surface area (Å²) in [6.07, 6.45) is 0. The van der Waals surface area contributed by atoms with Gasteiger partial charge in [0, 0.05) is 38.4 Å². The second-order valence-electron chi connectivity index (χ2n) is 16.3. The van der Waals surface area contributed by atoms with E-state index in [0.29, 0.717) is 34.9 Å². The molecule has 298 valence electrons. The lowest BCUT2D eigenvalue weighted by atomic mass is 9.94. The molecule has 11 aromatic rings. The third kappa shape index (κ3) is 6.22. The third-order valence-electron chi connectivity index (χ3n) is 11.9. The Morgan fingerprint density at radius 1 is 0.323 bits per heavy atom. The van der Waals surface area contributed by atoms with Crippen molar-refractivity contribution in [2.24, 2.45) is 0 Å². The highest BCUT2D eigenvalue weighted by atomic mass is 15.0. The second-order valence-corrected chi connectivity index (χ2v) is 16.3. The standard InChI is InChI=1S/C54H42N8/c1-31-18-23-50-44(26-31)42-14-7-9-16-48(42)61(50)40-21-22-41(46(30-40)53-57-33(3)55-34(4)58-53)39-13-11-12-37(28-39)38-20-25-52(47(29-38)54-59-35(5)56-36(6)60-54)62-49-17-10-8-15-43(49)45-27-32(2)19-24-51(45)62/h7-30H,1-6H3. The number of hydrogen-bond acceptors (Lipinski definition) is 6. The van der Waals surface area contributed by atoms with Gasteiger partial charge in [-0.3, -0.25) is 0 Å². The zero-order valence-electron chi connectivity index (χ0n) is 35.4. The zero-order chi connectivity index (χ0) is 42.2. The highest BCUT2D eigenvalue weighted by molar-refractivity contribution is 6.11. The predicted molar refractivity (Wildman–Crippen MR) is 252 cm³/mol. The van der Waals surface area contributed by atoms with Crippen LogP contribution < -0.4 is 0 Å². The van der Waals surface area contributed by atoms with E-state index in [1.165, 1.54) is 32.7 Å². The summed E-state index contributed by atoms with van der Waals surface area (Å²) in [5, 5.41) is 4.87. The molecule has 0 aliphatic rings. The number of rotatable bonds is 6. The number of aryl methyl sites for hydroxylation is 6. The van der Waals surface area contributed by atoms with Crippen LogP contribution in [0.3, 0.4) is 0 Å². The number of benzene rings is 7. The van der Waals surface area contributed by atoms with Gasteiger partial charge in [-0.05, 0) is 131 Å². The van der Waals surface area contributed by atoms with Crippen molar-refractivity contribution in [2.45, 2.75) is 41.5 Å². The molecule has 4 heterocycles. The monoisotopic (exact) mass is 802 g/mol. The first-order valence-corrected chi connectivity index (χ1v) is 21.0. The van der Waals surface area contributed by atoms with Crippen LogP contribution in [-0.4, -0.2) is 39.0 Å². The Balaban J connectivity index is 1.10. The Kier molecular flexibility index (Phi) is 8.65. The number of fused-ring (bicyclic) bond motifs is 6. The van der Waals surface area contributed by atoms with Crippen LogP contribution in [0.15, 0.2) is 146 Å². The summed E-state index contributed by atoms with van der Waals surface area (Å²) < 4.78 is 4.69. The van der Waals surface area contributed by atoms with Gasteiger partial charge in [-0.2, -0.15) is 0 Å². The van der Waals surface area contributed by atoms with Crippen LogP contribution in [0.5, 0.6) is 0 Å². The maximum absolute atomic E-state index is 4.92. The van der Waals surface area contributed by atoms with Crippen LogP contribution in [0.2, 0.25) is 0 Å². The Bertz CT molecular complexity index is 3570. The largest absolute Gasteiger partial charge is 0.309 e. The van der Waals surface area contributed by atoms with Crippen LogP contribution in [0, 0.1) is 41.5 Å². The molecule has 62 heavy (non-hydrogen) atoms. The minimum Gasteiger partial charge on any atom is -0.309 e. The average Bonchev–Trinajstić information content (AvgIpc) is 3.77. The van der Waals surface area contributed by atoms with Gasteiger partial charge in [-0.1, -0.05) is 90.0 Å². The lowest BCUT2D eigenvalue weighted by Crippen LogP contribution is -2.03. The van der Waals surface area contributed by atoms with Crippen LogP contribution in [0.25, 0.3) is 100 Å². The van der Waals surface area contributed by atoms with Gasteiger partial charge in [0.05, 0.1) is 27.8 Å². The van der Waals surface area contributed by atoms with Crippen molar-refractivity contribution >= 4 is 43.6 Å². The van der Waals surface area contributed by atoms with Crippen LogP contribution in [-0.2, 0) is 0 Å². The first-order chi connectivity index (χ1) is 30.2. The van der Waals surface area contributed by atoms with Gasteiger partial charge in [0.1, 0.15) is 23.3 Å². The Morgan fingerprint density at radius 3 is 1.47 bits per heavy atom. The van der Waals surface area contributed by atoms with E-state index in [1.807, 2.05) is 27.7 Å². The van der Waals surface area contributed by atoms with Gasteiger partial charge in [0.2, 0.25) is 0 Å². The first-order valence-electron chi connectivity index (χ1n) is 21.0. The summed E-state index contributed by atoms with van der Waals surface area (Å²) >= 11 is 0. The SMILES string of the molecule is Cc1ccc2c(c1)c1ccccc1n2-c1ccc(-c2cccc(-c3ccc(-n4c5ccccc5c5cc(C)ccc54)c(-c4nc(C)nc(C)n4)c3)c2)c(-c2nc(C)nc(C)n2)c1. The van der Waals surface area contributed by atoms with Crippen molar-refractivity contribution in [1.82, 2.24) is 39.0 Å². The molecule has 0 fully saturated rings. The van der Waals surface area contributed by atoms with E-state index in [4.69, 9.17) is 19.9 Å². The molecular weight excluding hydrogens is 761 g/mol. The fourth-order valence-electron chi connectivity index (χ4n) is 9.25. The molecule has 0 aliphatic carbocycles. The maximum atomic E-state index is 4.92. The molecule has 0 radical (unpaired) electrons. The summed E-state index contributed by atoms with van der Waals surface area (Å²) in [5.41, 5.74) is 15.1. The number of nitrogens with zero attached hydrogens (tertiary/aromatic N) is 8. The number of hydrogen-bond donors (Lipinski definition) is 0. The lowest BCUT2D eigenvalue weighted by Gasteiger charge is -2.17. The molecule has 0 saturated heterocycles. The van der Waals surface area contributed by atoms with Crippen LogP contribution in [0.4, 0.5) is 0 Å². The molecule has 8 nitrogen and oxygen atoms in total. The van der Waals surface area contributed by atoms with Crippen LogP contribution in [0.1, 0.15) is 34.4 Å². The van der Waals surface area contributed by atoms with Gasteiger partial charge in [0.15, 0.2) is 11.6 Å². The third-order valence-corrected chi connectivity index (χ3v) is 11.9. The highest BCUT2D eigenvalue weighted by Gasteiger charge is 2.21. The summed E-state index contributed by atoms with van der Waals surface area (Å²) in [4.78, 5) is 28.8. The molecule has 7 aromatic carbocycles. The van der Waals surface area contributed by atoms with Crippen molar-refractivity contribution < 1.29 is 0 Å². The molecule has 0 saturated carbocycles. The highest BCUT2D eigenvalue weighted by Crippen LogP contribution is 2.41. The topological polar surface area (TPSA) is 87.2 Å². The molecular formula is C54H42N8. The molecule has 0 bridgehead atoms. The van der Waals surface area contributed by atoms with Crippen molar-refractivity contribution in [2.75, 3.05) is 0 Å². The van der Waals surface area contributed by atoms with E-state index in [-0.39, 0.29) is 0 Å². The van der Waals surface area contributed by atoms with E-state index < -0.39 is 0 Å². The molecule has 4 aromatic heterocycles. The molecule has 8 heteroatoms. The molecule has 11 rings (SSSR count). The molecule has 0 amide bonds. The van der Waals surface area contributed by atoms with Crippen molar-refractivity contribution in [3.8, 4) is 56.4 Å². The number of para-hydroxylation sites is 2. The molecule has 0 N–H and O–H groups in total. The fraction of sp³-hybridized carbons (Fsp3) is 0.111. The fourth-order valence-corrected chi connectivity index (χ4v) is 9.25. The van der Waals surface area contributed by atoms with Crippen molar-refractivity contribution in [3.63, 3.8) is 0 Å². The summed E-state index contributed by atoms with van der Waals surface area (Å²) in [5.74, 6) is 4.00. The van der Waals surface area contributed by atoms with Gasteiger partial charge in [-0.25, -0.2) is 29.9 Å². The van der Waals surface area contributed by atoms with E-state index in [9.17, 15) is 0 Å². The summed E-state index contributed by atoms with van der Waals surface area (Å²) in [7, 11) is 0. The molecule has 0 atom stereocenters. The smallest absolute Gasteiger partial charge is 0.165 e. The minimum atomic E-state index is 0.639. The number of aromatic nitrogens is 8. The molecule has 0 spiro atoms. The summed E-state index contributed by atoms with van der Waals surface area (Å²) in [6, 6.07) is 52.6. The lowest BCUT2D eigenvalue weighted by molar-refractivity contribution is 0.926. The average molecular weight is 803 g/mol. The zero-order valence-corrected chi connectivity index (χ0v) is 35.4. The van der Waals surface area contributed by atoms with Gasteiger partial charge in [0.25, 0.3) is 0 Å². The van der Waals surface area contributed by atoms with Crippen molar-refractivity contribution in [3.05, 3.63) is 180 Å². The Morgan fingerprint density at radius 2 is 0.839 bits per heavy atom. The predicted octanol–water partition coefficient (Wildman–Crippen LogP) is 12.8.